The maximum atomic E-state index is 5.91. The molecule has 1 aliphatic heterocycles. The van der Waals surface area contributed by atoms with Gasteiger partial charge in [0, 0.05) is 31.4 Å². The molecular weight excluding hydrogens is 248 g/mol. The number of likely N-dealkylation sites (N-methyl/N-ethyl adjacent to an activating group) is 1. The van der Waals surface area contributed by atoms with E-state index in [-0.39, 0.29) is 0 Å². The van der Waals surface area contributed by atoms with Crippen LogP contribution < -0.4 is 0 Å². The summed E-state index contributed by atoms with van der Waals surface area (Å²) in [6, 6.07) is 5.69. The fraction of sp³-hybridized carbons (Fsp3) is 0.308. The van der Waals surface area contributed by atoms with Crippen molar-refractivity contribution in [1.29, 1.82) is 0 Å². The van der Waals surface area contributed by atoms with Gasteiger partial charge in [0.1, 0.15) is 5.15 Å². The van der Waals surface area contributed by atoms with Gasteiger partial charge in [-0.05, 0) is 30.7 Å². The Morgan fingerprint density at radius 3 is 2.89 bits per heavy atom. The van der Waals surface area contributed by atoms with Crippen LogP contribution in [-0.4, -0.2) is 34.3 Å². The number of nitrogens with zero attached hydrogens (tertiary/aromatic N) is 4. The number of hydrogen-bond acceptors (Lipinski definition) is 4. The highest BCUT2D eigenvalue weighted by atomic mass is 35.5. The molecule has 0 radical (unpaired) electrons. The lowest BCUT2D eigenvalue weighted by molar-refractivity contribution is 0.381. The van der Waals surface area contributed by atoms with Crippen LogP contribution in [0.1, 0.15) is 18.4 Å². The second-order valence-corrected chi connectivity index (χ2v) is 4.96. The highest BCUT2D eigenvalue weighted by molar-refractivity contribution is 6.29. The monoisotopic (exact) mass is 260 g/mol. The summed E-state index contributed by atoms with van der Waals surface area (Å²) in [6.07, 6.45) is 1.90. The molecule has 2 aromatic rings. The van der Waals surface area contributed by atoms with E-state index in [4.69, 9.17) is 11.6 Å². The number of aromatic nitrogens is 2. The zero-order valence-corrected chi connectivity index (χ0v) is 11.0. The van der Waals surface area contributed by atoms with Crippen molar-refractivity contribution in [3.63, 3.8) is 0 Å². The normalized spacial score (nSPS) is 19.4. The summed E-state index contributed by atoms with van der Waals surface area (Å²) in [4.78, 5) is 8.73. The summed E-state index contributed by atoms with van der Waals surface area (Å²) >= 11 is 5.91. The second-order valence-electron chi connectivity index (χ2n) is 4.58. The highest BCUT2D eigenvalue weighted by Gasteiger charge is 2.23. The third-order valence-electron chi connectivity index (χ3n) is 3.21. The summed E-state index contributed by atoms with van der Waals surface area (Å²) in [6.45, 7) is 2.93. The lowest BCUT2D eigenvalue weighted by Crippen LogP contribution is -2.14. The second kappa shape index (κ2) is 4.21. The molecule has 0 saturated heterocycles. The highest BCUT2D eigenvalue weighted by Crippen LogP contribution is 2.25. The molecule has 1 unspecified atom stereocenters. The van der Waals surface area contributed by atoms with Gasteiger partial charge in [-0.15, -0.1) is 0 Å². The topological polar surface area (TPSA) is 41.4 Å². The Labute approximate surface area is 110 Å². The molecule has 0 aliphatic carbocycles. The van der Waals surface area contributed by atoms with Crippen LogP contribution in [0.25, 0.3) is 11.0 Å². The number of pyridine rings is 2. The molecule has 1 atom stereocenters. The molecule has 0 spiro atoms. The molecular formula is C13H13ClN4. The average Bonchev–Trinajstić information content (AvgIpc) is 2.67. The third-order valence-corrected chi connectivity index (χ3v) is 3.42. The summed E-state index contributed by atoms with van der Waals surface area (Å²) in [5.41, 5.74) is 3.95. The molecule has 92 valence electrons. The summed E-state index contributed by atoms with van der Waals surface area (Å²) < 4.78 is 0. The minimum atomic E-state index is 0.299. The zero-order chi connectivity index (χ0) is 12.7. The number of rotatable bonds is 1. The minimum absolute atomic E-state index is 0.299. The summed E-state index contributed by atoms with van der Waals surface area (Å²) in [5.74, 6) is 0.299. The molecule has 0 N–H and O–H groups in total. The first kappa shape index (κ1) is 11.4. The fourth-order valence-electron chi connectivity index (χ4n) is 2.31. The molecule has 2 aromatic heterocycles. The van der Waals surface area contributed by atoms with Crippen LogP contribution in [0, 0.1) is 0 Å². The SMILES string of the molecule is CC1=NN(C)CC1c1cnc2ccc(Cl)nc2c1. The van der Waals surface area contributed by atoms with E-state index in [1.54, 1.807) is 6.07 Å². The quantitative estimate of drug-likeness (QED) is 0.741. The van der Waals surface area contributed by atoms with E-state index in [1.807, 2.05) is 31.2 Å². The molecule has 3 heterocycles. The van der Waals surface area contributed by atoms with Crippen molar-refractivity contribution in [3.05, 3.63) is 35.1 Å². The lowest BCUT2D eigenvalue weighted by Gasteiger charge is -2.12. The van der Waals surface area contributed by atoms with E-state index in [0.29, 0.717) is 11.1 Å². The molecule has 0 amide bonds. The van der Waals surface area contributed by atoms with Crippen LogP contribution in [0.5, 0.6) is 0 Å². The Balaban J connectivity index is 2.06. The Kier molecular flexibility index (Phi) is 2.67. The molecule has 0 bridgehead atoms. The van der Waals surface area contributed by atoms with Crippen LogP contribution in [0.15, 0.2) is 29.5 Å². The van der Waals surface area contributed by atoms with Crippen molar-refractivity contribution in [2.24, 2.45) is 5.10 Å². The average molecular weight is 261 g/mol. The van der Waals surface area contributed by atoms with E-state index in [1.165, 1.54) is 0 Å². The van der Waals surface area contributed by atoms with Crippen molar-refractivity contribution < 1.29 is 0 Å². The maximum Gasteiger partial charge on any atom is 0.129 e. The number of hydrazone groups is 1. The number of fused-ring (bicyclic) bond motifs is 1. The number of hydrogen-bond donors (Lipinski definition) is 0. The Bertz CT molecular complexity index is 638. The molecule has 1 aliphatic rings. The predicted octanol–water partition coefficient (Wildman–Crippen LogP) is 2.69. The smallest absolute Gasteiger partial charge is 0.129 e. The summed E-state index contributed by atoms with van der Waals surface area (Å²) in [5, 5.41) is 6.87. The van der Waals surface area contributed by atoms with E-state index in [9.17, 15) is 0 Å². The molecule has 4 nitrogen and oxygen atoms in total. The molecule has 0 saturated carbocycles. The van der Waals surface area contributed by atoms with Gasteiger partial charge in [-0.1, -0.05) is 11.6 Å². The van der Waals surface area contributed by atoms with Crippen LogP contribution in [-0.2, 0) is 0 Å². The fourth-order valence-corrected chi connectivity index (χ4v) is 2.46. The minimum Gasteiger partial charge on any atom is -0.299 e. The van der Waals surface area contributed by atoms with Crippen LogP contribution in [0.2, 0.25) is 5.15 Å². The van der Waals surface area contributed by atoms with Gasteiger partial charge < -0.3 is 0 Å². The maximum absolute atomic E-state index is 5.91. The first-order valence-corrected chi connectivity index (χ1v) is 6.20. The van der Waals surface area contributed by atoms with Crippen molar-refractivity contribution in [2.45, 2.75) is 12.8 Å². The van der Waals surface area contributed by atoms with Gasteiger partial charge in [0.25, 0.3) is 0 Å². The first-order valence-electron chi connectivity index (χ1n) is 5.82. The molecule has 3 rings (SSSR count). The predicted molar refractivity (Wildman–Crippen MR) is 73.0 cm³/mol. The molecule has 18 heavy (non-hydrogen) atoms. The molecule has 5 heteroatoms. The van der Waals surface area contributed by atoms with E-state index in [2.05, 4.69) is 21.1 Å². The first-order chi connectivity index (χ1) is 8.63. The van der Waals surface area contributed by atoms with Crippen molar-refractivity contribution in [3.8, 4) is 0 Å². The van der Waals surface area contributed by atoms with Gasteiger partial charge in [-0.3, -0.25) is 9.99 Å². The van der Waals surface area contributed by atoms with Gasteiger partial charge in [-0.2, -0.15) is 5.10 Å². The van der Waals surface area contributed by atoms with Crippen LogP contribution >= 0.6 is 11.6 Å². The van der Waals surface area contributed by atoms with E-state index in [0.717, 1.165) is 28.9 Å². The van der Waals surface area contributed by atoms with Gasteiger partial charge in [0.15, 0.2) is 0 Å². The van der Waals surface area contributed by atoms with E-state index >= 15 is 0 Å². The van der Waals surface area contributed by atoms with Gasteiger partial charge in [0.2, 0.25) is 0 Å². The Morgan fingerprint density at radius 2 is 2.17 bits per heavy atom. The number of halogens is 1. The van der Waals surface area contributed by atoms with Crippen molar-refractivity contribution in [1.82, 2.24) is 15.0 Å². The largest absolute Gasteiger partial charge is 0.299 e. The van der Waals surface area contributed by atoms with Crippen LogP contribution in [0.3, 0.4) is 0 Å². The van der Waals surface area contributed by atoms with Crippen molar-refractivity contribution in [2.75, 3.05) is 13.6 Å². The Morgan fingerprint density at radius 1 is 1.33 bits per heavy atom. The zero-order valence-electron chi connectivity index (χ0n) is 10.3. The van der Waals surface area contributed by atoms with Crippen LogP contribution in [0.4, 0.5) is 0 Å². The summed E-state index contributed by atoms with van der Waals surface area (Å²) in [7, 11) is 1.98. The van der Waals surface area contributed by atoms with Crippen molar-refractivity contribution >= 4 is 28.3 Å². The van der Waals surface area contributed by atoms with Gasteiger partial charge in [0.05, 0.1) is 11.0 Å². The third kappa shape index (κ3) is 1.93. The standard InChI is InChI=1S/C13H13ClN4/c1-8-10(7-18(2)17-8)9-5-12-11(15-6-9)3-4-13(14)16-12/h3-6,10H,7H2,1-2H3. The molecule has 0 aromatic carbocycles. The molecule has 0 fully saturated rings. The van der Waals surface area contributed by atoms with E-state index < -0.39 is 0 Å². The lowest BCUT2D eigenvalue weighted by atomic mass is 9.97. The van der Waals surface area contributed by atoms with Gasteiger partial charge >= 0.3 is 0 Å². The van der Waals surface area contributed by atoms with Gasteiger partial charge in [-0.25, -0.2) is 4.98 Å². The Hall–Kier alpha value is -1.68.